The zero-order valence-corrected chi connectivity index (χ0v) is 16.0. The minimum Gasteiger partial charge on any atom is -0.353 e. The highest BCUT2D eigenvalue weighted by molar-refractivity contribution is 7.14. The van der Waals surface area contributed by atoms with Gasteiger partial charge >= 0.3 is 0 Å². The van der Waals surface area contributed by atoms with Crippen molar-refractivity contribution in [1.82, 2.24) is 15.2 Å². The van der Waals surface area contributed by atoms with Gasteiger partial charge in [0.15, 0.2) is 5.13 Å². The summed E-state index contributed by atoms with van der Waals surface area (Å²) in [4.78, 5) is 31.4. The molecular weight excluding hydrogens is 360 g/mol. The molecule has 1 saturated carbocycles. The Bertz CT molecular complexity index is 795. The number of amides is 2. The van der Waals surface area contributed by atoms with E-state index in [1.807, 2.05) is 23.6 Å². The molecule has 1 aliphatic carbocycles. The number of hydrogen-bond donors (Lipinski definition) is 2. The highest BCUT2D eigenvalue weighted by Gasteiger charge is 2.32. The average molecular weight is 385 g/mol. The van der Waals surface area contributed by atoms with Gasteiger partial charge in [-0.2, -0.15) is 0 Å². The molecule has 7 heteroatoms. The SMILES string of the molecule is O=C(Cc1csc(NC(=O)c2ccccc2)n1)NC1CCN(C2CC2)CC1. The molecule has 0 atom stereocenters. The van der Waals surface area contributed by atoms with Gasteiger partial charge in [-0.1, -0.05) is 18.2 Å². The van der Waals surface area contributed by atoms with Crippen molar-refractivity contribution in [3.8, 4) is 0 Å². The van der Waals surface area contributed by atoms with Crippen LogP contribution >= 0.6 is 11.3 Å². The third kappa shape index (κ3) is 4.93. The van der Waals surface area contributed by atoms with Crippen LogP contribution in [-0.2, 0) is 11.2 Å². The number of piperidine rings is 1. The summed E-state index contributed by atoms with van der Waals surface area (Å²) in [6.07, 6.45) is 4.98. The summed E-state index contributed by atoms with van der Waals surface area (Å²) >= 11 is 1.34. The molecule has 2 aliphatic rings. The molecule has 4 rings (SSSR count). The van der Waals surface area contributed by atoms with Gasteiger partial charge in [-0.25, -0.2) is 4.98 Å². The fourth-order valence-electron chi connectivity index (χ4n) is 3.50. The average Bonchev–Trinajstić information content (AvgIpc) is 3.44. The molecular formula is C20H24N4O2S. The Hall–Kier alpha value is -2.25. The molecule has 1 saturated heterocycles. The summed E-state index contributed by atoms with van der Waals surface area (Å²) < 4.78 is 0. The van der Waals surface area contributed by atoms with Crippen molar-refractivity contribution in [2.75, 3.05) is 18.4 Å². The zero-order chi connectivity index (χ0) is 18.6. The van der Waals surface area contributed by atoms with Crippen molar-refractivity contribution >= 4 is 28.3 Å². The zero-order valence-electron chi connectivity index (χ0n) is 15.2. The fraction of sp³-hybridized carbons (Fsp3) is 0.450. The molecule has 0 radical (unpaired) electrons. The number of nitrogens with zero attached hydrogens (tertiary/aromatic N) is 2. The second-order valence-electron chi connectivity index (χ2n) is 7.25. The number of anilines is 1. The molecule has 0 spiro atoms. The van der Waals surface area contributed by atoms with Crippen molar-refractivity contribution in [3.63, 3.8) is 0 Å². The largest absolute Gasteiger partial charge is 0.353 e. The van der Waals surface area contributed by atoms with Crippen molar-refractivity contribution in [2.24, 2.45) is 0 Å². The van der Waals surface area contributed by atoms with E-state index in [0.29, 0.717) is 16.4 Å². The summed E-state index contributed by atoms with van der Waals surface area (Å²) in [5.41, 5.74) is 1.28. The van der Waals surface area contributed by atoms with Crippen LogP contribution in [0.1, 0.15) is 41.7 Å². The second kappa shape index (κ2) is 8.19. The molecule has 1 aromatic carbocycles. The lowest BCUT2D eigenvalue weighted by Gasteiger charge is -2.32. The third-order valence-electron chi connectivity index (χ3n) is 5.11. The Kier molecular flexibility index (Phi) is 5.50. The second-order valence-corrected chi connectivity index (χ2v) is 8.11. The Balaban J connectivity index is 1.24. The van der Waals surface area contributed by atoms with Gasteiger partial charge in [0.1, 0.15) is 0 Å². The van der Waals surface area contributed by atoms with E-state index in [2.05, 4.69) is 20.5 Å². The number of benzene rings is 1. The van der Waals surface area contributed by atoms with E-state index >= 15 is 0 Å². The first kappa shape index (κ1) is 18.1. The van der Waals surface area contributed by atoms with E-state index in [0.717, 1.165) is 32.0 Å². The first-order valence-electron chi connectivity index (χ1n) is 9.51. The Morgan fingerprint density at radius 1 is 1.11 bits per heavy atom. The molecule has 27 heavy (non-hydrogen) atoms. The molecule has 0 bridgehead atoms. The lowest BCUT2D eigenvalue weighted by atomic mass is 10.0. The van der Waals surface area contributed by atoms with Crippen LogP contribution in [0.5, 0.6) is 0 Å². The Morgan fingerprint density at radius 3 is 2.56 bits per heavy atom. The number of likely N-dealkylation sites (tertiary alicyclic amines) is 1. The van der Waals surface area contributed by atoms with Gasteiger partial charge in [0.2, 0.25) is 5.91 Å². The maximum Gasteiger partial charge on any atom is 0.257 e. The predicted octanol–water partition coefficient (Wildman–Crippen LogP) is 2.68. The summed E-state index contributed by atoms with van der Waals surface area (Å²) in [6, 6.07) is 10.1. The van der Waals surface area contributed by atoms with Crippen LogP contribution in [0.25, 0.3) is 0 Å². The lowest BCUT2D eigenvalue weighted by Crippen LogP contribution is -2.45. The van der Waals surface area contributed by atoms with Gasteiger partial charge in [-0.3, -0.25) is 14.9 Å². The maximum atomic E-state index is 12.3. The lowest BCUT2D eigenvalue weighted by molar-refractivity contribution is -0.121. The minimum atomic E-state index is -0.191. The molecule has 2 amide bonds. The van der Waals surface area contributed by atoms with Gasteiger partial charge in [-0.05, 0) is 37.8 Å². The van der Waals surface area contributed by atoms with Gasteiger partial charge in [0, 0.05) is 36.1 Å². The van der Waals surface area contributed by atoms with E-state index in [9.17, 15) is 9.59 Å². The smallest absolute Gasteiger partial charge is 0.257 e. The van der Waals surface area contributed by atoms with Gasteiger partial charge in [-0.15, -0.1) is 11.3 Å². The quantitative estimate of drug-likeness (QED) is 0.803. The van der Waals surface area contributed by atoms with Crippen LogP contribution in [0.3, 0.4) is 0 Å². The molecule has 6 nitrogen and oxygen atoms in total. The number of carbonyl (C=O) groups is 2. The minimum absolute atomic E-state index is 0.00566. The van der Waals surface area contributed by atoms with E-state index < -0.39 is 0 Å². The van der Waals surface area contributed by atoms with Crippen LogP contribution in [0.4, 0.5) is 5.13 Å². The van der Waals surface area contributed by atoms with E-state index in [1.165, 1.54) is 24.2 Å². The summed E-state index contributed by atoms with van der Waals surface area (Å²) in [6.45, 7) is 2.17. The fourth-order valence-corrected chi connectivity index (χ4v) is 4.20. The number of hydrogen-bond acceptors (Lipinski definition) is 5. The number of rotatable bonds is 6. The number of carbonyl (C=O) groups excluding carboxylic acids is 2. The van der Waals surface area contributed by atoms with Crippen molar-refractivity contribution in [1.29, 1.82) is 0 Å². The Morgan fingerprint density at radius 2 is 1.85 bits per heavy atom. The molecule has 2 heterocycles. The van der Waals surface area contributed by atoms with E-state index in [-0.39, 0.29) is 24.3 Å². The summed E-state index contributed by atoms with van der Waals surface area (Å²) in [5, 5.41) is 8.27. The van der Waals surface area contributed by atoms with Gasteiger partial charge < -0.3 is 10.2 Å². The van der Waals surface area contributed by atoms with Crippen LogP contribution < -0.4 is 10.6 Å². The van der Waals surface area contributed by atoms with Crippen LogP contribution in [0.15, 0.2) is 35.7 Å². The highest BCUT2D eigenvalue weighted by atomic mass is 32.1. The normalized spacial score (nSPS) is 18.2. The monoisotopic (exact) mass is 384 g/mol. The molecule has 142 valence electrons. The number of nitrogens with one attached hydrogen (secondary N) is 2. The van der Waals surface area contributed by atoms with Crippen molar-refractivity contribution in [2.45, 2.75) is 44.2 Å². The topological polar surface area (TPSA) is 74.3 Å². The van der Waals surface area contributed by atoms with Crippen LogP contribution in [0.2, 0.25) is 0 Å². The maximum absolute atomic E-state index is 12.3. The summed E-state index contributed by atoms with van der Waals surface area (Å²) in [7, 11) is 0. The first-order chi connectivity index (χ1) is 13.2. The Labute approximate surface area is 163 Å². The first-order valence-corrected chi connectivity index (χ1v) is 10.4. The molecule has 0 unspecified atom stereocenters. The van der Waals surface area contributed by atoms with E-state index in [1.54, 1.807) is 12.1 Å². The molecule has 1 aliphatic heterocycles. The van der Waals surface area contributed by atoms with E-state index in [4.69, 9.17) is 0 Å². The van der Waals surface area contributed by atoms with Crippen molar-refractivity contribution < 1.29 is 9.59 Å². The predicted molar refractivity (Wildman–Crippen MR) is 106 cm³/mol. The van der Waals surface area contributed by atoms with Crippen LogP contribution in [0, 0.1) is 0 Å². The third-order valence-corrected chi connectivity index (χ3v) is 5.91. The molecule has 1 aromatic heterocycles. The van der Waals surface area contributed by atoms with Gasteiger partial charge in [0.25, 0.3) is 5.91 Å². The van der Waals surface area contributed by atoms with Gasteiger partial charge in [0.05, 0.1) is 12.1 Å². The standard InChI is InChI=1S/C20H24N4O2S/c25-18(21-15-8-10-24(11-9-15)17-6-7-17)12-16-13-27-20(22-16)23-19(26)14-4-2-1-3-5-14/h1-5,13,15,17H,6-12H2,(H,21,25)(H,22,23,26). The molecule has 2 aromatic rings. The molecule has 2 fully saturated rings. The van der Waals surface area contributed by atoms with Crippen LogP contribution in [-0.4, -0.2) is 46.9 Å². The highest BCUT2D eigenvalue weighted by Crippen LogP contribution is 2.29. The van der Waals surface area contributed by atoms with Crippen molar-refractivity contribution in [3.05, 3.63) is 47.0 Å². The number of aromatic nitrogens is 1. The summed E-state index contributed by atoms with van der Waals surface area (Å²) in [5.74, 6) is -0.186. The molecule has 2 N–H and O–H groups in total. The number of thiazole rings is 1.